The fraction of sp³-hybridized carbons (Fsp3) is 0.533. The van der Waals surface area contributed by atoms with Gasteiger partial charge >= 0.3 is 0 Å². The molecule has 0 spiro atoms. The number of carbonyl (C=O) groups excluding carboxylic acids is 2. The van der Waals surface area contributed by atoms with Crippen LogP contribution in [0.3, 0.4) is 0 Å². The molecule has 0 aliphatic rings. The molecule has 21 heavy (non-hydrogen) atoms. The molecule has 0 aromatic carbocycles. The largest absolute Gasteiger partial charge is 0.347 e. The van der Waals surface area contributed by atoms with E-state index in [1.54, 1.807) is 0 Å². The summed E-state index contributed by atoms with van der Waals surface area (Å²) >= 11 is 6.02. The summed E-state index contributed by atoms with van der Waals surface area (Å²) in [6, 6.07) is 1.49. The fourth-order valence-electron chi connectivity index (χ4n) is 1.65. The van der Waals surface area contributed by atoms with Crippen molar-refractivity contribution in [2.75, 3.05) is 0 Å². The SMILES string of the molecule is CC(C)(C)NC(=O)c1ccnc(Cl)c1C(=O)NC(C)(C)C. The van der Waals surface area contributed by atoms with Crippen LogP contribution in [0.1, 0.15) is 62.3 Å². The highest BCUT2D eigenvalue weighted by molar-refractivity contribution is 6.33. The Labute approximate surface area is 130 Å². The second-order valence-electron chi connectivity index (χ2n) is 6.93. The second-order valence-corrected chi connectivity index (χ2v) is 7.29. The number of amides is 2. The first-order valence-corrected chi connectivity index (χ1v) is 7.08. The Bertz CT molecular complexity index is 557. The van der Waals surface area contributed by atoms with E-state index in [-0.39, 0.29) is 22.2 Å². The van der Waals surface area contributed by atoms with Gasteiger partial charge in [-0.25, -0.2) is 4.98 Å². The highest BCUT2D eigenvalue weighted by atomic mass is 35.5. The van der Waals surface area contributed by atoms with E-state index in [0.29, 0.717) is 0 Å². The Morgan fingerprint density at radius 3 is 1.95 bits per heavy atom. The molecule has 0 radical (unpaired) electrons. The number of rotatable bonds is 2. The van der Waals surface area contributed by atoms with Crippen LogP contribution in [-0.2, 0) is 0 Å². The number of aromatic nitrogens is 1. The van der Waals surface area contributed by atoms with Gasteiger partial charge in [0.05, 0.1) is 11.1 Å². The van der Waals surface area contributed by atoms with Crippen molar-refractivity contribution >= 4 is 23.4 Å². The van der Waals surface area contributed by atoms with Crippen LogP contribution < -0.4 is 10.6 Å². The van der Waals surface area contributed by atoms with Gasteiger partial charge in [0.25, 0.3) is 11.8 Å². The third-order valence-electron chi connectivity index (χ3n) is 2.35. The maximum Gasteiger partial charge on any atom is 0.255 e. The zero-order valence-corrected chi connectivity index (χ0v) is 14.1. The van der Waals surface area contributed by atoms with Crippen molar-refractivity contribution in [2.24, 2.45) is 0 Å². The molecule has 0 fully saturated rings. The number of halogens is 1. The van der Waals surface area contributed by atoms with Gasteiger partial charge in [0.1, 0.15) is 5.15 Å². The highest BCUT2D eigenvalue weighted by Gasteiger charge is 2.26. The quantitative estimate of drug-likeness (QED) is 0.825. The van der Waals surface area contributed by atoms with Crippen molar-refractivity contribution in [3.8, 4) is 0 Å². The lowest BCUT2D eigenvalue weighted by atomic mass is 10.0. The monoisotopic (exact) mass is 311 g/mol. The molecule has 6 heteroatoms. The number of nitrogens with one attached hydrogen (secondary N) is 2. The van der Waals surface area contributed by atoms with Crippen molar-refractivity contribution < 1.29 is 9.59 Å². The standard InChI is InChI=1S/C15H22ClN3O2/c1-14(2,3)18-12(20)9-7-8-17-11(16)10(9)13(21)19-15(4,5)6/h7-8H,1-6H3,(H,18,20)(H,19,21). The van der Waals surface area contributed by atoms with Gasteiger partial charge in [0, 0.05) is 17.3 Å². The van der Waals surface area contributed by atoms with Crippen molar-refractivity contribution in [1.29, 1.82) is 0 Å². The van der Waals surface area contributed by atoms with E-state index in [4.69, 9.17) is 11.6 Å². The van der Waals surface area contributed by atoms with E-state index in [1.807, 2.05) is 41.5 Å². The van der Waals surface area contributed by atoms with Gasteiger partial charge in [-0.1, -0.05) is 11.6 Å². The van der Waals surface area contributed by atoms with E-state index in [2.05, 4.69) is 15.6 Å². The lowest BCUT2D eigenvalue weighted by Crippen LogP contribution is -2.44. The lowest BCUT2D eigenvalue weighted by Gasteiger charge is -2.23. The summed E-state index contributed by atoms with van der Waals surface area (Å²) in [6.07, 6.45) is 1.41. The van der Waals surface area contributed by atoms with Gasteiger partial charge < -0.3 is 10.6 Å². The number of pyridine rings is 1. The summed E-state index contributed by atoms with van der Waals surface area (Å²) < 4.78 is 0. The molecule has 0 aliphatic heterocycles. The third kappa shape index (κ3) is 5.34. The van der Waals surface area contributed by atoms with Crippen LogP contribution in [0.25, 0.3) is 0 Å². The minimum Gasteiger partial charge on any atom is -0.347 e. The molecule has 2 N–H and O–H groups in total. The minimum absolute atomic E-state index is 0.0123. The molecule has 116 valence electrons. The van der Waals surface area contributed by atoms with Crippen LogP contribution >= 0.6 is 11.6 Å². The normalized spacial score (nSPS) is 12.0. The predicted molar refractivity (Wildman–Crippen MR) is 83.7 cm³/mol. The molecule has 0 saturated carbocycles. The van der Waals surface area contributed by atoms with Crippen LogP contribution in [0.5, 0.6) is 0 Å². The van der Waals surface area contributed by atoms with E-state index >= 15 is 0 Å². The van der Waals surface area contributed by atoms with Gasteiger partial charge in [-0.15, -0.1) is 0 Å². The van der Waals surface area contributed by atoms with E-state index in [1.165, 1.54) is 12.3 Å². The maximum absolute atomic E-state index is 12.4. The zero-order chi connectivity index (χ0) is 16.4. The summed E-state index contributed by atoms with van der Waals surface area (Å²) in [6.45, 7) is 11.1. The van der Waals surface area contributed by atoms with Crippen molar-refractivity contribution in [3.63, 3.8) is 0 Å². The molecule has 1 heterocycles. The molecule has 0 bridgehead atoms. The van der Waals surface area contributed by atoms with E-state index < -0.39 is 17.0 Å². The first-order valence-electron chi connectivity index (χ1n) is 6.70. The van der Waals surface area contributed by atoms with Crippen LogP contribution in [0.2, 0.25) is 5.15 Å². The number of carbonyl (C=O) groups is 2. The van der Waals surface area contributed by atoms with Gasteiger partial charge in [-0.3, -0.25) is 9.59 Å². The third-order valence-corrected chi connectivity index (χ3v) is 2.64. The van der Waals surface area contributed by atoms with Crippen molar-refractivity contribution in [1.82, 2.24) is 15.6 Å². The zero-order valence-electron chi connectivity index (χ0n) is 13.3. The molecular formula is C15H22ClN3O2. The lowest BCUT2D eigenvalue weighted by molar-refractivity contribution is 0.0882. The Kier molecular flexibility index (Phi) is 4.99. The molecule has 0 atom stereocenters. The average Bonchev–Trinajstić information content (AvgIpc) is 2.23. The average molecular weight is 312 g/mol. The van der Waals surface area contributed by atoms with Gasteiger partial charge in [-0.2, -0.15) is 0 Å². The first kappa shape index (κ1) is 17.4. The molecule has 0 unspecified atom stereocenters. The minimum atomic E-state index is -0.436. The number of hydrogen-bond donors (Lipinski definition) is 2. The Balaban J connectivity index is 3.21. The first-order chi connectivity index (χ1) is 9.41. The molecule has 0 aliphatic carbocycles. The summed E-state index contributed by atoms with van der Waals surface area (Å²) in [7, 11) is 0. The van der Waals surface area contributed by atoms with Crippen LogP contribution in [0.15, 0.2) is 12.3 Å². The Morgan fingerprint density at radius 2 is 1.48 bits per heavy atom. The summed E-state index contributed by atoms with van der Waals surface area (Å²) in [5.41, 5.74) is -0.541. The molecule has 1 aromatic heterocycles. The molecule has 0 saturated heterocycles. The predicted octanol–water partition coefficient (Wildman–Crippen LogP) is 2.79. The van der Waals surface area contributed by atoms with E-state index in [0.717, 1.165) is 0 Å². The maximum atomic E-state index is 12.4. The number of hydrogen-bond acceptors (Lipinski definition) is 3. The topological polar surface area (TPSA) is 71.1 Å². The van der Waals surface area contributed by atoms with Gasteiger partial charge in [0.2, 0.25) is 0 Å². The molecule has 1 aromatic rings. The Morgan fingerprint density at radius 1 is 1.00 bits per heavy atom. The summed E-state index contributed by atoms with van der Waals surface area (Å²) in [5.74, 6) is -0.773. The second kappa shape index (κ2) is 6.02. The Hall–Kier alpha value is -1.62. The fourth-order valence-corrected chi connectivity index (χ4v) is 1.90. The van der Waals surface area contributed by atoms with Crippen LogP contribution in [0, 0.1) is 0 Å². The highest BCUT2D eigenvalue weighted by Crippen LogP contribution is 2.19. The van der Waals surface area contributed by atoms with Gasteiger partial charge in [0.15, 0.2) is 0 Å². The number of nitrogens with zero attached hydrogens (tertiary/aromatic N) is 1. The van der Waals surface area contributed by atoms with Gasteiger partial charge in [-0.05, 0) is 47.6 Å². The summed E-state index contributed by atoms with van der Waals surface area (Å²) in [5, 5.41) is 5.62. The molecule has 1 rings (SSSR count). The van der Waals surface area contributed by atoms with E-state index in [9.17, 15) is 9.59 Å². The molecular weight excluding hydrogens is 290 g/mol. The van der Waals surface area contributed by atoms with Crippen molar-refractivity contribution in [2.45, 2.75) is 52.6 Å². The molecule has 2 amide bonds. The van der Waals surface area contributed by atoms with Crippen LogP contribution in [-0.4, -0.2) is 27.9 Å². The van der Waals surface area contributed by atoms with Crippen molar-refractivity contribution in [3.05, 3.63) is 28.5 Å². The summed E-state index contributed by atoms with van der Waals surface area (Å²) in [4.78, 5) is 28.6. The molecule has 5 nitrogen and oxygen atoms in total. The van der Waals surface area contributed by atoms with Crippen LogP contribution in [0.4, 0.5) is 0 Å². The smallest absolute Gasteiger partial charge is 0.255 e.